The number of aromatic nitrogens is 1. The predicted octanol–water partition coefficient (Wildman–Crippen LogP) is 12.7. The summed E-state index contributed by atoms with van der Waals surface area (Å²) in [5.41, 5.74) is 14.2. The topological polar surface area (TPSA) is 7.65 Å². The average Bonchev–Trinajstić information content (AvgIpc) is 3.51. The maximum Gasteiger partial charge on any atom is 0.0547 e. The van der Waals surface area contributed by atoms with Crippen molar-refractivity contribution in [1.82, 2.24) is 4.40 Å². The first-order valence-corrected chi connectivity index (χ1v) is 16.4. The van der Waals surface area contributed by atoms with Gasteiger partial charge in [0.15, 0.2) is 0 Å². The summed E-state index contributed by atoms with van der Waals surface area (Å²) in [4.78, 5) is 2.38. The lowest BCUT2D eigenvalue weighted by molar-refractivity contribution is 1.28. The second kappa shape index (κ2) is 11.8. The van der Waals surface area contributed by atoms with Gasteiger partial charge in [-0.25, -0.2) is 0 Å². The van der Waals surface area contributed by atoms with Gasteiger partial charge in [0, 0.05) is 33.4 Å². The maximum atomic E-state index is 2.42. The second-order valence-corrected chi connectivity index (χ2v) is 12.2. The van der Waals surface area contributed by atoms with Crippen molar-refractivity contribution in [3.63, 3.8) is 0 Å². The van der Waals surface area contributed by atoms with Crippen molar-refractivity contribution >= 4 is 44.4 Å². The third kappa shape index (κ3) is 4.83. The second-order valence-electron chi connectivity index (χ2n) is 12.2. The molecule has 7 aromatic carbocycles. The normalized spacial score (nSPS) is 11.3. The summed E-state index contributed by atoms with van der Waals surface area (Å²) < 4.78 is 2.42. The molecule has 2 nitrogen and oxygen atoms in total. The van der Waals surface area contributed by atoms with Crippen LogP contribution in [0.5, 0.6) is 0 Å². The largest absolute Gasteiger partial charge is 0.310 e. The fraction of sp³-hybridized carbons (Fsp3) is 0. The van der Waals surface area contributed by atoms with Gasteiger partial charge in [-0.2, -0.15) is 0 Å². The molecule has 0 saturated carbocycles. The van der Waals surface area contributed by atoms with Crippen molar-refractivity contribution in [2.45, 2.75) is 0 Å². The number of nitrogens with zero attached hydrogens (tertiary/aromatic N) is 2. The van der Waals surface area contributed by atoms with E-state index >= 15 is 0 Å². The molecule has 0 aliphatic carbocycles. The van der Waals surface area contributed by atoms with Crippen molar-refractivity contribution in [1.29, 1.82) is 0 Å². The molecule has 9 aromatic rings. The van der Waals surface area contributed by atoms with Gasteiger partial charge in [-0.05, 0) is 88.5 Å². The Bertz CT molecular complexity index is 2480. The van der Waals surface area contributed by atoms with Crippen molar-refractivity contribution in [2.75, 3.05) is 4.90 Å². The maximum absolute atomic E-state index is 2.42. The lowest BCUT2D eigenvalue weighted by atomic mass is 9.97. The van der Waals surface area contributed by atoms with Crippen molar-refractivity contribution < 1.29 is 0 Å². The number of para-hydroxylation sites is 2. The van der Waals surface area contributed by atoms with Gasteiger partial charge in [0.2, 0.25) is 0 Å². The van der Waals surface area contributed by atoms with Crippen LogP contribution in [0.4, 0.5) is 17.1 Å². The third-order valence-corrected chi connectivity index (χ3v) is 9.31. The van der Waals surface area contributed by atoms with Gasteiger partial charge >= 0.3 is 0 Å². The van der Waals surface area contributed by atoms with Gasteiger partial charge in [-0.3, -0.25) is 0 Å². The van der Waals surface area contributed by atoms with Crippen molar-refractivity contribution in [2.24, 2.45) is 0 Å². The molecule has 0 fully saturated rings. The van der Waals surface area contributed by atoms with E-state index in [2.05, 4.69) is 203 Å². The van der Waals surface area contributed by atoms with E-state index in [4.69, 9.17) is 0 Å². The molecular weight excluding hydrogens is 581 g/mol. The first-order valence-electron chi connectivity index (χ1n) is 16.4. The number of benzene rings is 7. The van der Waals surface area contributed by atoms with Crippen LogP contribution in [0.25, 0.3) is 60.7 Å². The van der Waals surface area contributed by atoms with Gasteiger partial charge < -0.3 is 9.30 Å². The summed E-state index contributed by atoms with van der Waals surface area (Å²) in [5.74, 6) is 0. The molecule has 0 aliphatic heterocycles. The Morgan fingerprint density at radius 3 is 1.50 bits per heavy atom. The zero-order chi connectivity index (χ0) is 31.9. The van der Waals surface area contributed by atoms with Crippen LogP contribution >= 0.6 is 0 Å². The van der Waals surface area contributed by atoms with Crippen LogP contribution in [0.3, 0.4) is 0 Å². The minimum Gasteiger partial charge on any atom is -0.310 e. The number of anilines is 3. The Morgan fingerprint density at radius 2 is 0.854 bits per heavy atom. The Kier molecular flexibility index (Phi) is 6.84. The summed E-state index contributed by atoms with van der Waals surface area (Å²) >= 11 is 0. The molecule has 0 saturated heterocycles. The van der Waals surface area contributed by atoms with Gasteiger partial charge in [0.1, 0.15) is 0 Å². The van der Waals surface area contributed by atoms with E-state index < -0.39 is 0 Å². The molecule has 9 rings (SSSR count). The molecule has 0 aliphatic rings. The lowest BCUT2D eigenvalue weighted by Crippen LogP contribution is -2.10. The Hall–Kier alpha value is -6.38. The Balaban J connectivity index is 1.27. The Morgan fingerprint density at radius 1 is 0.312 bits per heavy atom. The van der Waals surface area contributed by atoms with Crippen LogP contribution < -0.4 is 4.90 Å². The van der Waals surface area contributed by atoms with Crippen molar-refractivity contribution in [3.8, 4) is 33.4 Å². The monoisotopic (exact) mass is 612 g/mol. The number of rotatable bonds is 6. The van der Waals surface area contributed by atoms with Gasteiger partial charge in [-0.1, -0.05) is 133 Å². The standard InChI is InChI=1S/C46H32N2/c1-5-15-33(16-6-1)37-29-38(34-17-7-2-8-18-34)32-41(31-37)47(39-21-11-4-12-22-39)40-26-28-43-36(30-40)25-27-45-46(35-19-9-3-10-20-35)42-23-13-14-24-44(42)48(43)45/h1-32H. The quantitative estimate of drug-likeness (QED) is 0.181. The first-order chi connectivity index (χ1) is 23.8. The number of hydrogen-bond acceptors (Lipinski definition) is 1. The highest BCUT2D eigenvalue weighted by Gasteiger charge is 2.19. The zero-order valence-corrected chi connectivity index (χ0v) is 26.4. The molecule has 226 valence electrons. The average molecular weight is 613 g/mol. The van der Waals surface area contributed by atoms with Crippen LogP contribution in [0, 0.1) is 0 Å². The predicted molar refractivity (Wildman–Crippen MR) is 203 cm³/mol. The molecule has 0 spiro atoms. The summed E-state index contributed by atoms with van der Waals surface area (Å²) in [7, 11) is 0. The molecule has 0 atom stereocenters. The molecule has 0 radical (unpaired) electrons. The summed E-state index contributed by atoms with van der Waals surface area (Å²) in [6, 6.07) is 69.9. The molecular formula is C46H32N2. The van der Waals surface area contributed by atoms with E-state index in [9.17, 15) is 0 Å². The van der Waals surface area contributed by atoms with Crippen LogP contribution in [-0.2, 0) is 0 Å². The van der Waals surface area contributed by atoms with Crippen LogP contribution in [0.1, 0.15) is 0 Å². The highest BCUT2D eigenvalue weighted by Crippen LogP contribution is 2.42. The van der Waals surface area contributed by atoms with E-state index in [1.165, 1.54) is 60.7 Å². The smallest absolute Gasteiger partial charge is 0.0547 e. The fourth-order valence-electron chi connectivity index (χ4n) is 7.13. The number of fused-ring (bicyclic) bond motifs is 5. The van der Waals surface area contributed by atoms with E-state index in [1.54, 1.807) is 0 Å². The molecule has 0 bridgehead atoms. The third-order valence-electron chi connectivity index (χ3n) is 9.31. The van der Waals surface area contributed by atoms with Crippen LogP contribution in [0.15, 0.2) is 194 Å². The highest BCUT2D eigenvalue weighted by atomic mass is 15.1. The minimum absolute atomic E-state index is 1.11. The van der Waals surface area contributed by atoms with Crippen LogP contribution in [-0.4, -0.2) is 4.40 Å². The molecule has 0 amide bonds. The molecule has 2 heteroatoms. The van der Waals surface area contributed by atoms with Crippen LogP contribution in [0.2, 0.25) is 0 Å². The summed E-state index contributed by atoms with van der Waals surface area (Å²) in [6.07, 6.45) is 0. The summed E-state index contributed by atoms with van der Waals surface area (Å²) in [6.45, 7) is 0. The molecule has 2 heterocycles. The van der Waals surface area contributed by atoms with E-state index in [0.717, 1.165) is 17.1 Å². The van der Waals surface area contributed by atoms with E-state index in [1.807, 2.05) is 0 Å². The molecule has 0 unspecified atom stereocenters. The molecule has 48 heavy (non-hydrogen) atoms. The molecule has 0 N–H and O–H groups in total. The highest BCUT2D eigenvalue weighted by molar-refractivity contribution is 6.08. The fourth-order valence-corrected chi connectivity index (χ4v) is 7.13. The number of hydrogen-bond donors (Lipinski definition) is 0. The zero-order valence-electron chi connectivity index (χ0n) is 26.4. The van der Waals surface area contributed by atoms with Gasteiger partial charge in [0.05, 0.1) is 16.6 Å². The SMILES string of the molecule is c1ccc(-c2cc(-c3ccccc3)cc(N(c3ccccc3)c3ccc4c(ccc5c(-c6ccccc6)c6ccccc6n54)c3)c2)cc1. The summed E-state index contributed by atoms with van der Waals surface area (Å²) in [5, 5.41) is 2.45. The van der Waals surface area contributed by atoms with Gasteiger partial charge in [-0.15, -0.1) is 0 Å². The van der Waals surface area contributed by atoms with Gasteiger partial charge in [0.25, 0.3) is 0 Å². The minimum atomic E-state index is 1.11. The number of pyridine rings is 1. The molecule has 2 aromatic heterocycles. The van der Waals surface area contributed by atoms with E-state index in [-0.39, 0.29) is 0 Å². The Labute approximate surface area is 280 Å². The lowest BCUT2D eigenvalue weighted by Gasteiger charge is -2.27. The first kappa shape index (κ1) is 27.9. The van der Waals surface area contributed by atoms with E-state index in [0.29, 0.717) is 0 Å². The van der Waals surface area contributed by atoms with Crippen molar-refractivity contribution in [3.05, 3.63) is 194 Å².